The van der Waals surface area contributed by atoms with E-state index in [4.69, 9.17) is 0 Å². The third kappa shape index (κ3) is 4.72. The predicted octanol–water partition coefficient (Wildman–Crippen LogP) is 2.94. The highest BCUT2D eigenvalue weighted by Crippen LogP contribution is 2.25. The van der Waals surface area contributed by atoms with E-state index >= 15 is 0 Å². The molecule has 2 N–H and O–H groups in total. The first kappa shape index (κ1) is 22.4. The Labute approximate surface area is 191 Å². The first-order valence-corrected chi connectivity index (χ1v) is 11.0. The number of benzene rings is 1. The minimum Gasteiger partial charge on any atom is -0.338 e. The van der Waals surface area contributed by atoms with E-state index in [0.29, 0.717) is 40.2 Å². The van der Waals surface area contributed by atoms with Gasteiger partial charge in [0, 0.05) is 30.4 Å². The number of aromatic amines is 1. The number of nitrogens with zero attached hydrogens (tertiary/aromatic N) is 4. The van der Waals surface area contributed by atoms with Gasteiger partial charge in [-0.05, 0) is 55.9 Å². The molecule has 1 aliphatic heterocycles. The standard InChI is InChI=1S/C24H28N6O3/c1-14-9-15(2)13-29(12-14)24(33)18-6-5-16(3)20(10-18)26-23(32)19-11-25-30(17(19)4)21-7-8-22(31)28-27-21/h5-8,10-11,14-15H,9,12-13H2,1-4H3,(H,26,32)(H,28,31). The van der Waals surface area contributed by atoms with Crippen LogP contribution in [0.15, 0.2) is 41.3 Å². The quantitative estimate of drug-likeness (QED) is 0.637. The van der Waals surface area contributed by atoms with Crippen molar-refractivity contribution in [2.24, 2.45) is 11.8 Å². The number of H-pyrrole nitrogens is 1. The molecular weight excluding hydrogens is 420 g/mol. The largest absolute Gasteiger partial charge is 0.338 e. The minimum atomic E-state index is -0.337. The molecule has 2 unspecified atom stereocenters. The van der Waals surface area contributed by atoms with Crippen LogP contribution in [-0.2, 0) is 0 Å². The molecule has 9 nitrogen and oxygen atoms in total. The Kier molecular flexibility index (Phi) is 6.13. The summed E-state index contributed by atoms with van der Waals surface area (Å²) in [6.07, 6.45) is 2.58. The number of hydrogen-bond acceptors (Lipinski definition) is 5. The fourth-order valence-corrected chi connectivity index (χ4v) is 4.41. The average molecular weight is 449 g/mol. The monoisotopic (exact) mass is 448 g/mol. The average Bonchev–Trinajstić information content (AvgIpc) is 3.16. The number of anilines is 1. The predicted molar refractivity (Wildman–Crippen MR) is 125 cm³/mol. The number of rotatable bonds is 4. The van der Waals surface area contributed by atoms with Gasteiger partial charge >= 0.3 is 0 Å². The number of carbonyl (C=O) groups is 2. The second kappa shape index (κ2) is 9.01. The summed E-state index contributed by atoms with van der Waals surface area (Å²) in [5.74, 6) is 0.991. The molecule has 33 heavy (non-hydrogen) atoms. The van der Waals surface area contributed by atoms with Crippen LogP contribution < -0.4 is 10.9 Å². The maximum absolute atomic E-state index is 13.1. The van der Waals surface area contributed by atoms with Crippen molar-refractivity contribution >= 4 is 17.5 Å². The lowest BCUT2D eigenvalue weighted by Crippen LogP contribution is -2.42. The maximum Gasteiger partial charge on any atom is 0.264 e. The Morgan fingerprint density at radius 3 is 2.48 bits per heavy atom. The van der Waals surface area contributed by atoms with Crippen molar-refractivity contribution in [3.63, 3.8) is 0 Å². The summed E-state index contributed by atoms with van der Waals surface area (Å²) in [6, 6.07) is 8.27. The Hall–Kier alpha value is -3.75. The fraction of sp³-hybridized carbons (Fsp3) is 0.375. The second-order valence-electron chi connectivity index (χ2n) is 8.97. The van der Waals surface area contributed by atoms with Gasteiger partial charge in [-0.1, -0.05) is 19.9 Å². The molecule has 1 fully saturated rings. The van der Waals surface area contributed by atoms with Crippen molar-refractivity contribution in [2.45, 2.75) is 34.1 Å². The van der Waals surface area contributed by atoms with Gasteiger partial charge in [0.25, 0.3) is 17.4 Å². The highest BCUT2D eigenvalue weighted by Gasteiger charge is 2.26. The minimum absolute atomic E-state index is 0.0166. The lowest BCUT2D eigenvalue weighted by atomic mass is 9.91. The summed E-state index contributed by atoms with van der Waals surface area (Å²) < 4.78 is 1.48. The van der Waals surface area contributed by atoms with Gasteiger partial charge in [-0.15, -0.1) is 0 Å². The lowest BCUT2D eigenvalue weighted by Gasteiger charge is -2.35. The van der Waals surface area contributed by atoms with Crippen LogP contribution in [0.25, 0.3) is 5.82 Å². The molecule has 0 spiro atoms. The van der Waals surface area contributed by atoms with E-state index in [-0.39, 0.29) is 17.4 Å². The smallest absolute Gasteiger partial charge is 0.264 e. The Balaban J connectivity index is 1.55. The molecule has 3 aromatic rings. The molecule has 172 valence electrons. The fourth-order valence-electron chi connectivity index (χ4n) is 4.41. The molecular formula is C24H28N6O3. The second-order valence-corrected chi connectivity index (χ2v) is 8.97. The summed E-state index contributed by atoms with van der Waals surface area (Å²) in [4.78, 5) is 39.3. The van der Waals surface area contributed by atoms with Gasteiger partial charge < -0.3 is 10.2 Å². The number of aromatic nitrogens is 4. The number of aryl methyl sites for hydroxylation is 1. The van der Waals surface area contributed by atoms with Crippen LogP contribution in [0.2, 0.25) is 0 Å². The zero-order valence-electron chi connectivity index (χ0n) is 19.3. The molecule has 4 rings (SSSR count). The molecule has 2 amide bonds. The lowest BCUT2D eigenvalue weighted by molar-refractivity contribution is 0.0623. The van der Waals surface area contributed by atoms with E-state index in [1.807, 2.05) is 24.0 Å². The molecule has 2 atom stereocenters. The molecule has 9 heteroatoms. The van der Waals surface area contributed by atoms with Crippen molar-refractivity contribution in [2.75, 3.05) is 18.4 Å². The van der Waals surface area contributed by atoms with Gasteiger partial charge in [0.05, 0.1) is 17.5 Å². The van der Waals surface area contributed by atoms with Gasteiger partial charge in [0.15, 0.2) is 5.82 Å². The third-order valence-electron chi connectivity index (χ3n) is 6.02. The van der Waals surface area contributed by atoms with Crippen LogP contribution >= 0.6 is 0 Å². The number of carbonyl (C=O) groups excluding carboxylic acids is 2. The summed E-state index contributed by atoms with van der Waals surface area (Å²) >= 11 is 0. The Bertz CT molecular complexity index is 1230. The highest BCUT2D eigenvalue weighted by molar-refractivity contribution is 6.06. The number of piperidine rings is 1. The van der Waals surface area contributed by atoms with E-state index < -0.39 is 0 Å². The van der Waals surface area contributed by atoms with Crippen molar-refractivity contribution in [3.05, 3.63) is 69.3 Å². The molecule has 3 heterocycles. The zero-order valence-corrected chi connectivity index (χ0v) is 19.3. The maximum atomic E-state index is 13.1. The first-order valence-electron chi connectivity index (χ1n) is 11.0. The Morgan fingerprint density at radius 2 is 1.82 bits per heavy atom. The van der Waals surface area contributed by atoms with Crippen molar-refractivity contribution < 1.29 is 9.59 Å². The molecule has 1 aromatic carbocycles. The normalized spacial score (nSPS) is 18.2. The van der Waals surface area contributed by atoms with Crippen LogP contribution in [0.1, 0.15) is 52.2 Å². The zero-order chi connectivity index (χ0) is 23.7. The molecule has 0 bridgehead atoms. The first-order chi connectivity index (χ1) is 15.7. The number of likely N-dealkylation sites (tertiary alicyclic amines) is 1. The van der Waals surface area contributed by atoms with Crippen molar-refractivity contribution in [1.82, 2.24) is 24.9 Å². The van der Waals surface area contributed by atoms with E-state index in [1.54, 1.807) is 13.0 Å². The van der Waals surface area contributed by atoms with Crippen LogP contribution in [0, 0.1) is 25.7 Å². The molecule has 0 saturated carbocycles. The molecule has 1 saturated heterocycles. The van der Waals surface area contributed by atoms with Gasteiger partial charge in [0.2, 0.25) is 0 Å². The molecule has 2 aromatic heterocycles. The highest BCUT2D eigenvalue weighted by atomic mass is 16.2. The van der Waals surface area contributed by atoms with Gasteiger partial charge in [-0.3, -0.25) is 14.4 Å². The third-order valence-corrected chi connectivity index (χ3v) is 6.02. The van der Waals surface area contributed by atoms with Crippen LogP contribution in [0.4, 0.5) is 5.69 Å². The van der Waals surface area contributed by atoms with Gasteiger partial charge in [-0.2, -0.15) is 10.2 Å². The Morgan fingerprint density at radius 1 is 1.09 bits per heavy atom. The summed E-state index contributed by atoms with van der Waals surface area (Å²) in [7, 11) is 0. The van der Waals surface area contributed by atoms with E-state index in [2.05, 4.69) is 34.5 Å². The van der Waals surface area contributed by atoms with E-state index in [1.165, 1.54) is 23.0 Å². The van der Waals surface area contributed by atoms with Gasteiger partial charge in [-0.25, -0.2) is 9.78 Å². The topological polar surface area (TPSA) is 113 Å². The van der Waals surface area contributed by atoms with E-state index in [9.17, 15) is 14.4 Å². The summed E-state index contributed by atoms with van der Waals surface area (Å²) in [6.45, 7) is 9.46. The van der Waals surface area contributed by atoms with Crippen molar-refractivity contribution in [1.29, 1.82) is 0 Å². The van der Waals surface area contributed by atoms with Crippen LogP contribution in [0.3, 0.4) is 0 Å². The van der Waals surface area contributed by atoms with Gasteiger partial charge in [0.1, 0.15) is 0 Å². The van der Waals surface area contributed by atoms with E-state index in [0.717, 1.165) is 25.1 Å². The number of hydrogen-bond donors (Lipinski definition) is 2. The SMILES string of the molecule is Cc1ccc(C(=O)N2CC(C)CC(C)C2)cc1NC(=O)c1cnn(-c2ccc(=O)[nH]n2)c1C. The van der Waals surface area contributed by atoms with Crippen LogP contribution in [0.5, 0.6) is 0 Å². The summed E-state index contributed by atoms with van der Waals surface area (Å²) in [5.41, 5.74) is 2.62. The number of nitrogens with one attached hydrogen (secondary N) is 2. The molecule has 0 radical (unpaired) electrons. The molecule has 1 aliphatic rings. The summed E-state index contributed by atoms with van der Waals surface area (Å²) in [5, 5.41) is 13.5. The van der Waals surface area contributed by atoms with Crippen molar-refractivity contribution in [3.8, 4) is 5.82 Å². The number of amides is 2. The molecule has 0 aliphatic carbocycles. The van der Waals surface area contributed by atoms with Crippen LogP contribution in [-0.4, -0.2) is 49.8 Å².